The number of amides is 1. The molecular formula is C16H20BrNO2. The van der Waals surface area contributed by atoms with Crippen LogP contribution in [0, 0.1) is 6.92 Å². The first-order valence-corrected chi connectivity index (χ1v) is 7.68. The molecule has 3 nitrogen and oxygen atoms in total. The molecule has 4 heteroatoms. The Morgan fingerprint density at radius 1 is 1.50 bits per heavy atom. The zero-order valence-electron chi connectivity index (χ0n) is 11.9. The first-order chi connectivity index (χ1) is 9.43. The number of carbonyl (C=O) groups is 1. The molecule has 1 fully saturated rings. The molecule has 1 heterocycles. The summed E-state index contributed by atoms with van der Waals surface area (Å²) in [5.41, 5.74) is 1.49. The topological polar surface area (TPSA) is 40.5 Å². The van der Waals surface area contributed by atoms with E-state index in [4.69, 9.17) is 0 Å². The summed E-state index contributed by atoms with van der Waals surface area (Å²) >= 11 is 3.49. The van der Waals surface area contributed by atoms with E-state index >= 15 is 0 Å². The van der Waals surface area contributed by atoms with Crippen LogP contribution in [0.3, 0.4) is 0 Å². The molecule has 0 spiro atoms. The van der Waals surface area contributed by atoms with Crippen molar-refractivity contribution in [3.63, 3.8) is 0 Å². The maximum atomic E-state index is 12.0. The normalized spacial score (nSPS) is 17.3. The molecule has 1 saturated heterocycles. The van der Waals surface area contributed by atoms with Gasteiger partial charge in [-0.15, -0.1) is 0 Å². The van der Waals surface area contributed by atoms with Crippen molar-refractivity contribution in [2.45, 2.75) is 32.3 Å². The van der Waals surface area contributed by atoms with Crippen LogP contribution in [0.4, 0.5) is 0 Å². The van der Waals surface area contributed by atoms with E-state index in [-0.39, 0.29) is 5.91 Å². The Bertz CT molecular complexity index is 533. The van der Waals surface area contributed by atoms with Crippen LogP contribution >= 0.6 is 15.9 Å². The molecule has 0 aliphatic carbocycles. The number of likely N-dealkylation sites (tertiary alicyclic amines) is 1. The van der Waals surface area contributed by atoms with E-state index < -0.39 is 5.60 Å². The minimum atomic E-state index is -0.664. The van der Waals surface area contributed by atoms with Crippen LogP contribution in [-0.4, -0.2) is 34.6 Å². The Hall–Kier alpha value is -1.13. The van der Waals surface area contributed by atoms with E-state index in [0.29, 0.717) is 13.1 Å². The monoisotopic (exact) mass is 337 g/mol. The van der Waals surface area contributed by atoms with Gasteiger partial charge in [0, 0.05) is 10.5 Å². The molecule has 1 aromatic rings. The van der Waals surface area contributed by atoms with Crippen LogP contribution in [0.5, 0.6) is 0 Å². The van der Waals surface area contributed by atoms with Crippen molar-refractivity contribution in [1.82, 2.24) is 4.90 Å². The summed E-state index contributed by atoms with van der Waals surface area (Å²) in [7, 11) is 0. The third-order valence-corrected chi connectivity index (χ3v) is 4.25. The molecule has 0 aromatic heterocycles. The largest absolute Gasteiger partial charge is 0.386 e. The number of aliphatic hydroxyl groups is 1. The van der Waals surface area contributed by atoms with Crippen LogP contribution in [0.1, 0.15) is 30.9 Å². The van der Waals surface area contributed by atoms with E-state index in [1.165, 1.54) is 5.56 Å². The maximum absolute atomic E-state index is 12.0. The third kappa shape index (κ3) is 3.49. The van der Waals surface area contributed by atoms with Gasteiger partial charge in [0.1, 0.15) is 0 Å². The minimum Gasteiger partial charge on any atom is -0.386 e. The summed E-state index contributed by atoms with van der Waals surface area (Å²) in [4.78, 5) is 13.7. The van der Waals surface area contributed by atoms with Crippen LogP contribution in [0.2, 0.25) is 0 Å². The Kier molecular flexibility index (Phi) is 4.66. The molecule has 1 aromatic carbocycles. The zero-order valence-corrected chi connectivity index (χ0v) is 13.5. The van der Waals surface area contributed by atoms with E-state index in [0.717, 1.165) is 22.9 Å². The van der Waals surface area contributed by atoms with Crippen molar-refractivity contribution in [1.29, 1.82) is 0 Å². The number of carbonyl (C=O) groups excluding carboxylic acids is 1. The van der Waals surface area contributed by atoms with Gasteiger partial charge in [0.15, 0.2) is 0 Å². The first kappa shape index (κ1) is 15.3. The molecule has 1 aliphatic rings. The average molecular weight is 338 g/mol. The molecule has 1 amide bonds. The Labute approximate surface area is 128 Å². The molecule has 108 valence electrons. The first-order valence-electron chi connectivity index (χ1n) is 6.89. The van der Waals surface area contributed by atoms with Gasteiger partial charge in [-0.3, -0.25) is 4.79 Å². The van der Waals surface area contributed by atoms with Gasteiger partial charge in [-0.25, -0.2) is 0 Å². The van der Waals surface area contributed by atoms with Gasteiger partial charge in [0.05, 0.1) is 18.7 Å². The second-order valence-electron chi connectivity index (χ2n) is 5.53. The highest BCUT2D eigenvalue weighted by Gasteiger charge is 2.41. The Morgan fingerprint density at radius 2 is 2.20 bits per heavy atom. The molecule has 0 unspecified atom stereocenters. The summed E-state index contributed by atoms with van der Waals surface area (Å²) in [5, 5.41) is 10.1. The fraction of sp³-hybridized carbons (Fsp3) is 0.438. The molecule has 0 atom stereocenters. The van der Waals surface area contributed by atoms with E-state index in [1.807, 2.05) is 38.1 Å². The average Bonchev–Trinajstić information content (AvgIpc) is 2.34. The predicted molar refractivity (Wildman–Crippen MR) is 84.4 cm³/mol. The number of β-amino-alcohol motifs (C(OH)–C–C–N with tert-alkyl or cyclic N) is 1. The molecule has 20 heavy (non-hydrogen) atoms. The second kappa shape index (κ2) is 6.10. The second-order valence-corrected chi connectivity index (χ2v) is 6.38. The van der Waals surface area contributed by atoms with E-state index in [2.05, 4.69) is 15.9 Å². The van der Waals surface area contributed by atoms with Crippen LogP contribution in [0.25, 0.3) is 6.08 Å². The van der Waals surface area contributed by atoms with Crippen molar-refractivity contribution < 1.29 is 9.90 Å². The molecule has 1 aliphatic heterocycles. The van der Waals surface area contributed by atoms with Crippen molar-refractivity contribution in [2.24, 2.45) is 0 Å². The quantitative estimate of drug-likeness (QED) is 0.857. The van der Waals surface area contributed by atoms with Crippen molar-refractivity contribution in [2.75, 3.05) is 13.1 Å². The lowest BCUT2D eigenvalue weighted by Crippen LogP contribution is -2.63. The summed E-state index contributed by atoms with van der Waals surface area (Å²) in [5.74, 6) is -0.0433. The summed E-state index contributed by atoms with van der Waals surface area (Å²) in [6.07, 6.45) is 5.07. The fourth-order valence-electron chi connectivity index (χ4n) is 2.48. The lowest BCUT2D eigenvalue weighted by Gasteiger charge is -2.46. The van der Waals surface area contributed by atoms with Gasteiger partial charge in [-0.2, -0.15) is 0 Å². The molecular weight excluding hydrogens is 318 g/mol. The highest BCUT2D eigenvalue weighted by Crippen LogP contribution is 2.26. The highest BCUT2D eigenvalue weighted by molar-refractivity contribution is 9.10. The SMILES string of the molecule is CCCC1(O)CN(C(=O)C=Cc2ccc(C)cc2Br)C1. The number of aryl methyl sites for hydroxylation is 1. The highest BCUT2D eigenvalue weighted by atomic mass is 79.9. The summed E-state index contributed by atoms with van der Waals surface area (Å²) in [6.45, 7) is 4.95. The third-order valence-electron chi connectivity index (χ3n) is 3.56. The molecule has 0 radical (unpaired) electrons. The number of benzene rings is 1. The number of rotatable bonds is 4. The van der Waals surface area contributed by atoms with Gasteiger partial charge in [0.25, 0.3) is 0 Å². The van der Waals surface area contributed by atoms with E-state index in [1.54, 1.807) is 11.0 Å². The van der Waals surface area contributed by atoms with Crippen LogP contribution in [0.15, 0.2) is 28.7 Å². The van der Waals surface area contributed by atoms with Gasteiger partial charge in [-0.1, -0.05) is 41.4 Å². The lowest BCUT2D eigenvalue weighted by molar-refractivity contribution is -0.151. The molecule has 0 bridgehead atoms. The number of hydrogen-bond donors (Lipinski definition) is 1. The standard InChI is InChI=1S/C16H20BrNO2/c1-3-8-16(20)10-18(11-16)15(19)7-6-13-5-4-12(2)9-14(13)17/h4-7,9,20H,3,8,10-11H2,1-2H3. The number of hydrogen-bond acceptors (Lipinski definition) is 2. The molecule has 1 N–H and O–H groups in total. The van der Waals surface area contributed by atoms with E-state index in [9.17, 15) is 9.90 Å². The predicted octanol–water partition coefficient (Wildman–Crippen LogP) is 3.14. The summed E-state index contributed by atoms with van der Waals surface area (Å²) < 4.78 is 0.979. The van der Waals surface area contributed by atoms with Gasteiger partial charge in [0.2, 0.25) is 5.91 Å². The van der Waals surface area contributed by atoms with Crippen molar-refractivity contribution in [3.05, 3.63) is 39.9 Å². The van der Waals surface area contributed by atoms with Crippen molar-refractivity contribution >= 4 is 27.9 Å². The molecule has 0 saturated carbocycles. The fourth-order valence-corrected chi connectivity index (χ4v) is 3.10. The molecule has 2 rings (SSSR count). The van der Waals surface area contributed by atoms with Crippen LogP contribution in [-0.2, 0) is 4.79 Å². The van der Waals surface area contributed by atoms with Gasteiger partial charge in [-0.05, 0) is 36.6 Å². The minimum absolute atomic E-state index is 0.0433. The maximum Gasteiger partial charge on any atom is 0.246 e. The lowest BCUT2D eigenvalue weighted by atomic mass is 9.89. The zero-order chi connectivity index (χ0) is 14.8. The van der Waals surface area contributed by atoms with Crippen molar-refractivity contribution in [3.8, 4) is 0 Å². The smallest absolute Gasteiger partial charge is 0.246 e. The summed E-state index contributed by atoms with van der Waals surface area (Å²) in [6, 6.07) is 6.01. The van der Waals surface area contributed by atoms with Crippen LogP contribution < -0.4 is 0 Å². The Morgan fingerprint density at radius 3 is 2.80 bits per heavy atom. The van der Waals surface area contributed by atoms with Gasteiger partial charge < -0.3 is 10.0 Å². The van der Waals surface area contributed by atoms with Gasteiger partial charge >= 0.3 is 0 Å². The Balaban J connectivity index is 1.94. The number of halogens is 1. The number of nitrogens with zero attached hydrogens (tertiary/aromatic N) is 1.